The summed E-state index contributed by atoms with van der Waals surface area (Å²) in [5, 5.41) is 0. The minimum absolute atomic E-state index is 0.958. The lowest BCUT2D eigenvalue weighted by Gasteiger charge is -2.28. The molecule has 0 saturated carbocycles. The lowest BCUT2D eigenvalue weighted by Crippen LogP contribution is -2.30. The predicted molar refractivity (Wildman–Crippen MR) is 183 cm³/mol. The minimum atomic E-state index is 0.958. The molecule has 3 fully saturated rings. The van der Waals surface area contributed by atoms with E-state index >= 15 is 0 Å². The predicted octanol–water partition coefficient (Wildman–Crippen LogP) is 7.15. The summed E-state index contributed by atoms with van der Waals surface area (Å²) in [6.45, 7) is 16.5. The Hall–Kier alpha value is -1.70. The van der Waals surface area contributed by atoms with Gasteiger partial charge in [-0.05, 0) is 156 Å². The van der Waals surface area contributed by atoms with Crippen molar-refractivity contribution in [2.24, 2.45) is 17.8 Å². The van der Waals surface area contributed by atoms with Gasteiger partial charge < -0.3 is 23.8 Å². The lowest BCUT2D eigenvalue weighted by molar-refractivity contribution is 0.209. The first kappa shape index (κ1) is 35.8. The van der Waals surface area contributed by atoms with Crippen LogP contribution in [-0.4, -0.2) is 94.2 Å². The van der Waals surface area contributed by atoms with E-state index in [1.54, 1.807) is 0 Å². The average molecular weight is 598 g/mol. The molecule has 5 heterocycles. The smallest absolute Gasteiger partial charge is 0.0949 e. The van der Waals surface area contributed by atoms with Gasteiger partial charge in [0.1, 0.15) is 0 Å². The lowest BCUT2D eigenvalue weighted by atomic mass is 9.92. The molecule has 3 aliphatic rings. The summed E-state index contributed by atoms with van der Waals surface area (Å²) in [5.41, 5.74) is 2.41. The van der Waals surface area contributed by atoms with Crippen LogP contribution in [0.25, 0.3) is 0 Å². The maximum atomic E-state index is 4.25. The molecule has 0 aliphatic carbocycles. The Balaban J connectivity index is 0.000000180. The topological polar surface area (TPSA) is 45.4 Å². The van der Waals surface area contributed by atoms with Crippen LogP contribution in [0.15, 0.2) is 25.0 Å². The fourth-order valence-electron chi connectivity index (χ4n) is 6.87. The molecule has 0 amide bonds. The number of aryl methyl sites for hydroxylation is 4. The Morgan fingerprint density at radius 1 is 0.651 bits per heavy atom. The van der Waals surface area contributed by atoms with Crippen LogP contribution in [0.2, 0.25) is 0 Å². The Labute approximate surface area is 265 Å². The summed E-state index contributed by atoms with van der Waals surface area (Å²) < 4.78 is 4.47. The van der Waals surface area contributed by atoms with Gasteiger partial charge in [0.15, 0.2) is 0 Å². The van der Waals surface area contributed by atoms with Gasteiger partial charge in [0.2, 0.25) is 0 Å². The molecule has 3 saturated heterocycles. The Morgan fingerprint density at radius 2 is 1.12 bits per heavy atom. The average Bonchev–Trinajstić information content (AvgIpc) is 3.62. The molecule has 2 aromatic rings. The summed E-state index contributed by atoms with van der Waals surface area (Å²) in [6, 6.07) is 0. The van der Waals surface area contributed by atoms with E-state index in [1.165, 1.54) is 128 Å². The van der Waals surface area contributed by atoms with E-state index in [9.17, 15) is 0 Å². The highest BCUT2D eigenvalue weighted by Crippen LogP contribution is 2.23. The van der Waals surface area contributed by atoms with E-state index in [2.05, 4.69) is 75.0 Å². The van der Waals surface area contributed by atoms with Gasteiger partial charge in [0, 0.05) is 31.2 Å². The third-order valence-electron chi connectivity index (χ3n) is 10.2. The molecule has 0 unspecified atom stereocenters. The van der Waals surface area contributed by atoms with Gasteiger partial charge in [-0.15, -0.1) is 0 Å². The Bertz CT molecular complexity index is 942. The number of likely N-dealkylation sites (tertiary alicyclic amines) is 3. The van der Waals surface area contributed by atoms with Gasteiger partial charge in [-0.1, -0.05) is 26.2 Å². The second kappa shape index (κ2) is 20.4. The maximum Gasteiger partial charge on any atom is 0.0949 e. The number of imidazole rings is 2. The van der Waals surface area contributed by atoms with Crippen molar-refractivity contribution in [3.63, 3.8) is 0 Å². The van der Waals surface area contributed by atoms with E-state index in [1.807, 2.05) is 25.8 Å². The first-order valence-corrected chi connectivity index (χ1v) is 17.8. The van der Waals surface area contributed by atoms with Crippen molar-refractivity contribution in [2.75, 3.05) is 60.4 Å². The molecule has 5 rings (SSSR count). The first-order chi connectivity index (χ1) is 20.8. The molecule has 0 aromatic carbocycles. The molecule has 3 aliphatic heterocycles. The normalized spacial score (nSPS) is 20.0. The summed E-state index contributed by atoms with van der Waals surface area (Å²) in [7, 11) is 6.69. The number of hydrogen-bond acceptors (Lipinski definition) is 5. The van der Waals surface area contributed by atoms with Crippen molar-refractivity contribution in [3.05, 3.63) is 36.4 Å². The Morgan fingerprint density at radius 3 is 1.51 bits per heavy atom. The zero-order valence-electron chi connectivity index (χ0n) is 29.0. The fraction of sp³-hybridized carbons (Fsp3) is 0.833. The van der Waals surface area contributed by atoms with E-state index in [4.69, 9.17) is 0 Å². The number of aromatic nitrogens is 4. The van der Waals surface area contributed by atoms with Crippen molar-refractivity contribution >= 4 is 0 Å². The highest BCUT2D eigenvalue weighted by molar-refractivity contribution is 4.94. The molecule has 7 heteroatoms. The van der Waals surface area contributed by atoms with Crippen LogP contribution in [-0.2, 0) is 13.1 Å². The van der Waals surface area contributed by atoms with Gasteiger partial charge in [-0.2, -0.15) is 0 Å². The molecule has 246 valence electrons. The van der Waals surface area contributed by atoms with Crippen LogP contribution >= 0.6 is 0 Å². The third kappa shape index (κ3) is 14.8. The Kier molecular flexibility index (Phi) is 16.9. The second-order valence-electron chi connectivity index (χ2n) is 14.1. The van der Waals surface area contributed by atoms with Crippen LogP contribution < -0.4 is 0 Å². The van der Waals surface area contributed by atoms with E-state index in [-0.39, 0.29) is 0 Å². The van der Waals surface area contributed by atoms with E-state index in [0.29, 0.717) is 0 Å². The van der Waals surface area contributed by atoms with Crippen LogP contribution in [0, 0.1) is 31.6 Å². The summed E-state index contributed by atoms with van der Waals surface area (Å²) >= 11 is 0. The standard InChI is InChI=1S/2C13H23N3.C10H21N/c1-12-10-16(11-14-12)7-3-4-13-5-8-15(2)9-6-13;1-12-10-14-11-16(12)7-3-4-13-5-8-15(2)9-6-13;1-3-4-5-10-6-8-11(2)9-7-10/h2*10-11,13H,3-9H2,1-2H3;10H,3-9H2,1-2H3. The second-order valence-corrected chi connectivity index (χ2v) is 14.1. The van der Waals surface area contributed by atoms with Crippen LogP contribution in [0.4, 0.5) is 0 Å². The molecule has 0 bridgehead atoms. The molecule has 0 spiro atoms. The first-order valence-electron chi connectivity index (χ1n) is 17.8. The summed E-state index contributed by atoms with van der Waals surface area (Å²) in [5.74, 6) is 2.96. The molecule has 43 heavy (non-hydrogen) atoms. The molecular weight excluding hydrogens is 530 g/mol. The molecule has 2 aromatic heterocycles. The summed E-state index contributed by atoms with van der Waals surface area (Å²) in [4.78, 5) is 15.7. The molecule has 7 nitrogen and oxygen atoms in total. The van der Waals surface area contributed by atoms with Gasteiger partial charge in [-0.3, -0.25) is 0 Å². The van der Waals surface area contributed by atoms with Crippen molar-refractivity contribution < 1.29 is 0 Å². The quantitative estimate of drug-likeness (QED) is 0.275. The largest absolute Gasteiger partial charge is 0.337 e. The van der Waals surface area contributed by atoms with Crippen molar-refractivity contribution in [2.45, 2.75) is 117 Å². The van der Waals surface area contributed by atoms with Gasteiger partial charge in [-0.25, -0.2) is 9.97 Å². The number of hydrogen-bond donors (Lipinski definition) is 0. The monoisotopic (exact) mass is 598 g/mol. The molecule has 0 N–H and O–H groups in total. The van der Waals surface area contributed by atoms with Gasteiger partial charge >= 0.3 is 0 Å². The SMILES string of the molecule is CCCCC1CCN(C)CC1.Cc1cn(CCCC2CCN(C)CC2)cn1.Cc1cncn1CCCC1CCN(C)CC1. The van der Waals surface area contributed by atoms with Gasteiger partial charge in [0.05, 0.1) is 18.3 Å². The number of rotatable bonds is 11. The molecule has 0 atom stereocenters. The maximum absolute atomic E-state index is 4.25. The zero-order valence-corrected chi connectivity index (χ0v) is 29.0. The van der Waals surface area contributed by atoms with Crippen molar-refractivity contribution in [1.82, 2.24) is 33.8 Å². The summed E-state index contributed by atoms with van der Waals surface area (Å²) in [6.07, 6.45) is 26.0. The highest BCUT2D eigenvalue weighted by Gasteiger charge is 2.17. The van der Waals surface area contributed by atoms with E-state index < -0.39 is 0 Å². The van der Waals surface area contributed by atoms with Crippen molar-refractivity contribution in [1.29, 1.82) is 0 Å². The molecule has 0 radical (unpaired) electrons. The zero-order chi connectivity index (χ0) is 30.9. The van der Waals surface area contributed by atoms with Gasteiger partial charge in [0.25, 0.3) is 0 Å². The van der Waals surface area contributed by atoms with Crippen LogP contribution in [0.5, 0.6) is 0 Å². The molecular formula is C36H67N7. The third-order valence-corrected chi connectivity index (χ3v) is 10.2. The van der Waals surface area contributed by atoms with E-state index in [0.717, 1.165) is 36.5 Å². The van der Waals surface area contributed by atoms with Crippen LogP contribution in [0.3, 0.4) is 0 Å². The number of piperidine rings is 3. The highest BCUT2D eigenvalue weighted by atomic mass is 15.1. The number of unbranched alkanes of at least 4 members (excludes halogenated alkanes) is 1. The van der Waals surface area contributed by atoms with Crippen molar-refractivity contribution in [3.8, 4) is 0 Å². The fourth-order valence-corrected chi connectivity index (χ4v) is 6.87. The number of nitrogens with zero attached hydrogens (tertiary/aromatic N) is 7. The minimum Gasteiger partial charge on any atom is -0.337 e. The van der Waals surface area contributed by atoms with Crippen LogP contribution in [0.1, 0.15) is 102 Å².